The zero-order chi connectivity index (χ0) is 14.0. The molecule has 19 heavy (non-hydrogen) atoms. The lowest BCUT2D eigenvalue weighted by Crippen LogP contribution is -2.45. The van der Waals surface area contributed by atoms with Crippen molar-refractivity contribution in [3.05, 3.63) is 0 Å². The number of urea groups is 1. The maximum atomic E-state index is 12.2. The molecule has 2 amide bonds. The molecule has 0 heterocycles. The molecule has 0 spiro atoms. The van der Waals surface area contributed by atoms with E-state index < -0.39 is 11.4 Å². The van der Waals surface area contributed by atoms with Crippen LogP contribution in [-0.4, -0.2) is 41.1 Å². The first-order valence-corrected chi connectivity index (χ1v) is 7.22. The predicted molar refractivity (Wildman–Crippen MR) is 71.9 cm³/mol. The molecule has 0 radical (unpaired) electrons. The monoisotopic (exact) mass is 268 g/mol. The number of carbonyl (C=O) groups excluding carboxylic acids is 1. The van der Waals surface area contributed by atoms with Gasteiger partial charge in [-0.15, -0.1) is 0 Å². The quantitative estimate of drug-likeness (QED) is 0.742. The highest BCUT2D eigenvalue weighted by molar-refractivity contribution is 5.80. The molecular weight excluding hydrogens is 244 g/mol. The predicted octanol–water partition coefficient (Wildman–Crippen LogP) is 2.07. The maximum Gasteiger partial charge on any atom is 0.317 e. The van der Waals surface area contributed by atoms with Gasteiger partial charge < -0.3 is 15.3 Å². The fraction of sp³-hybridized carbons (Fsp3) is 0.857. The minimum atomic E-state index is -0.784. The summed E-state index contributed by atoms with van der Waals surface area (Å²) in [5.41, 5.74) is -0.678. The topological polar surface area (TPSA) is 69.6 Å². The van der Waals surface area contributed by atoms with Crippen LogP contribution >= 0.6 is 0 Å². The molecule has 2 rings (SSSR count). The normalized spacial score (nSPS) is 20.2. The number of amides is 2. The number of nitrogens with zero attached hydrogens (tertiary/aromatic N) is 1. The molecule has 2 fully saturated rings. The third-order valence-corrected chi connectivity index (χ3v) is 4.08. The van der Waals surface area contributed by atoms with Gasteiger partial charge in [0.1, 0.15) is 0 Å². The van der Waals surface area contributed by atoms with Crippen LogP contribution in [-0.2, 0) is 4.79 Å². The third-order valence-electron chi connectivity index (χ3n) is 4.08. The van der Waals surface area contributed by atoms with Crippen molar-refractivity contribution in [1.82, 2.24) is 10.2 Å². The van der Waals surface area contributed by atoms with Gasteiger partial charge in [-0.25, -0.2) is 4.79 Å². The fourth-order valence-corrected chi connectivity index (χ4v) is 2.20. The summed E-state index contributed by atoms with van der Waals surface area (Å²) >= 11 is 0. The Labute approximate surface area is 114 Å². The summed E-state index contributed by atoms with van der Waals surface area (Å²) in [6, 6.07) is 0.286. The second kappa shape index (κ2) is 5.39. The molecular formula is C14H24N2O3. The zero-order valence-corrected chi connectivity index (χ0v) is 11.8. The highest BCUT2D eigenvalue weighted by atomic mass is 16.4. The molecule has 0 aromatic rings. The van der Waals surface area contributed by atoms with Crippen LogP contribution in [0.15, 0.2) is 0 Å². The van der Waals surface area contributed by atoms with Gasteiger partial charge in [0.05, 0.1) is 5.41 Å². The molecule has 5 nitrogen and oxygen atoms in total. The maximum absolute atomic E-state index is 12.2. The van der Waals surface area contributed by atoms with Gasteiger partial charge in [-0.3, -0.25) is 4.79 Å². The van der Waals surface area contributed by atoms with Crippen molar-refractivity contribution in [2.24, 2.45) is 11.3 Å². The van der Waals surface area contributed by atoms with Crippen molar-refractivity contribution in [1.29, 1.82) is 0 Å². The van der Waals surface area contributed by atoms with E-state index in [2.05, 4.69) is 19.2 Å². The number of nitrogens with one attached hydrogen (secondary N) is 1. The molecule has 0 aromatic heterocycles. The van der Waals surface area contributed by atoms with E-state index in [-0.39, 0.29) is 12.6 Å². The van der Waals surface area contributed by atoms with Crippen LogP contribution in [0.25, 0.3) is 0 Å². The molecule has 2 saturated carbocycles. The summed E-state index contributed by atoms with van der Waals surface area (Å²) in [6.45, 7) is 5.33. The van der Waals surface area contributed by atoms with Crippen molar-refractivity contribution in [3.8, 4) is 0 Å². The van der Waals surface area contributed by atoms with E-state index in [9.17, 15) is 9.59 Å². The van der Waals surface area contributed by atoms with Crippen molar-refractivity contribution >= 4 is 12.0 Å². The summed E-state index contributed by atoms with van der Waals surface area (Å²) < 4.78 is 0. The van der Waals surface area contributed by atoms with Crippen LogP contribution in [0, 0.1) is 11.3 Å². The Morgan fingerprint density at radius 2 is 2.00 bits per heavy atom. The number of aliphatic carboxylic acids is 1. The van der Waals surface area contributed by atoms with E-state index >= 15 is 0 Å². The molecule has 2 aliphatic carbocycles. The lowest BCUT2D eigenvalue weighted by atomic mass is 10.1. The fourth-order valence-electron chi connectivity index (χ4n) is 2.20. The first-order chi connectivity index (χ1) is 8.94. The lowest BCUT2D eigenvalue weighted by molar-refractivity contribution is -0.143. The van der Waals surface area contributed by atoms with Crippen molar-refractivity contribution < 1.29 is 14.7 Å². The van der Waals surface area contributed by atoms with Gasteiger partial charge in [-0.05, 0) is 38.0 Å². The van der Waals surface area contributed by atoms with E-state index in [1.807, 2.05) is 4.90 Å². The molecule has 5 heteroatoms. The number of hydrogen-bond acceptors (Lipinski definition) is 2. The Morgan fingerprint density at radius 3 is 2.42 bits per heavy atom. The Bertz CT molecular complexity index is 360. The summed E-state index contributed by atoms with van der Waals surface area (Å²) in [5, 5.41) is 11.9. The van der Waals surface area contributed by atoms with Crippen LogP contribution in [0.5, 0.6) is 0 Å². The molecule has 0 bridgehead atoms. The van der Waals surface area contributed by atoms with Crippen LogP contribution in [0.1, 0.15) is 46.0 Å². The van der Waals surface area contributed by atoms with Crippen LogP contribution in [0.3, 0.4) is 0 Å². The molecule has 108 valence electrons. The number of carboxylic acid groups (broad SMARTS) is 1. The molecule has 2 aliphatic rings. The largest absolute Gasteiger partial charge is 0.481 e. The highest BCUT2D eigenvalue weighted by Crippen LogP contribution is 2.45. The Kier molecular flexibility index (Phi) is 4.02. The van der Waals surface area contributed by atoms with E-state index in [0.29, 0.717) is 24.8 Å². The van der Waals surface area contributed by atoms with E-state index in [0.717, 1.165) is 25.8 Å². The van der Waals surface area contributed by atoms with Gasteiger partial charge in [-0.1, -0.05) is 13.8 Å². The molecule has 0 unspecified atom stereocenters. The van der Waals surface area contributed by atoms with E-state index in [1.165, 1.54) is 0 Å². The molecule has 0 aliphatic heterocycles. The number of carboxylic acids is 1. The average molecular weight is 268 g/mol. The highest BCUT2D eigenvalue weighted by Gasteiger charge is 2.50. The minimum absolute atomic E-state index is 0.0873. The summed E-state index contributed by atoms with van der Waals surface area (Å²) in [6.07, 6.45) is 4.51. The van der Waals surface area contributed by atoms with Crippen molar-refractivity contribution in [2.45, 2.75) is 52.0 Å². The summed E-state index contributed by atoms with van der Waals surface area (Å²) in [7, 11) is 0. The zero-order valence-electron chi connectivity index (χ0n) is 11.8. The first-order valence-electron chi connectivity index (χ1n) is 7.22. The molecule has 0 saturated heterocycles. The van der Waals surface area contributed by atoms with E-state index in [1.54, 1.807) is 0 Å². The van der Waals surface area contributed by atoms with E-state index in [4.69, 9.17) is 5.11 Å². The second-order valence-corrected chi connectivity index (χ2v) is 6.35. The standard InChI is InChI=1S/C14H24N2O3/c1-10(2)5-8-16(11-3-4-11)13(19)15-9-14(6-7-14)12(17)18/h10-11H,3-9H2,1-2H3,(H,15,19)(H,17,18). The van der Waals surface area contributed by atoms with Crippen molar-refractivity contribution in [3.63, 3.8) is 0 Å². The number of hydrogen-bond donors (Lipinski definition) is 2. The molecule has 0 atom stereocenters. The Balaban J connectivity index is 1.81. The first kappa shape index (κ1) is 14.2. The van der Waals surface area contributed by atoms with Gasteiger partial charge >= 0.3 is 12.0 Å². The second-order valence-electron chi connectivity index (χ2n) is 6.35. The molecule has 0 aromatic carbocycles. The van der Waals surface area contributed by atoms with Crippen LogP contribution < -0.4 is 5.32 Å². The Hall–Kier alpha value is -1.26. The van der Waals surface area contributed by atoms with Crippen LogP contribution in [0.4, 0.5) is 4.79 Å². The van der Waals surface area contributed by atoms with Gasteiger partial charge in [0, 0.05) is 19.1 Å². The van der Waals surface area contributed by atoms with Crippen LogP contribution in [0.2, 0.25) is 0 Å². The Morgan fingerprint density at radius 1 is 1.37 bits per heavy atom. The lowest BCUT2D eigenvalue weighted by Gasteiger charge is -2.24. The number of rotatable bonds is 7. The van der Waals surface area contributed by atoms with Gasteiger partial charge in [0.25, 0.3) is 0 Å². The minimum Gasteiger partial charge on any atom is -0.481 e. The number of carbonyl (C=O) groups is 2. The van der Waals surface area contributed by atoms with Gasteiger partial charge in [0.15, 0.2) is 0 Å². The smallest absolute Gasteiger partial charge is 0.317 e. The molecule has 2 N–H and O–H groups in total. The van der Waals surface area contributed by atoms with Gasteiger partial charge in [0.2, 0.25) is 0 Å². The van der Waals surface area contributed by atoms with Crippen molar-refractivity contribution in [2.75, 3.05) is 13.1 Å². The SMILES string of the molecule is CC(C)CCN(C(=O)NCC1(C(=O)O)CC1)C1CC1. The third kappa shape index (κ3) is 3.61. The average Bonchev–Trinajstić information content (AvgIpc) is 3.20. The summed E-state index contributed by atoms with van der Waals surface area (Å²) in [5.74, 6) is -0.212. The van der Waals surface area contributed by atoms with Gasteiger partial charge in [-0.2, -0.15) is 0 Å². The summed E-state index contributed by atoms with van der Waals surface area (Å²) in [4.78, 5) is 25.1.